The van der Waals surface area contributed by atoms with Crippen molar-refractivity contribution >= 4 is 0 Å². The first-order valence-electron chi connectivity index (χ1n) is 4.06. The molecular formula is C8H17F2N. The molecule has 11 heavy (non-hydrogen) atoms. The largest absolute Gasteiger partial charge is 0.298 e. The zero-order valence-corrected chi connectivity index (χ0v) is 7.48. The van der Waals surface area contributed by atoms with E-state index in [1.165, 1.54) is 0 Å². The molecule has 0 rings (SSSR count). The molecule has 0 fully saturated rings. The molecule has 0 aromatic carbocycles. The van der Waals surface area contributed by atoms with Gasteiger partial charge in [-0.15, -0.1) is 0 Å². The Hall–Kier alpha value is -0.180. The Kier molecular flexibility index (Phi) is 5.38. The molecule has 0 N–H and O–H groups in total. The average molecular weight is 165 g/mol. The molecule has 68 valence electrons. The molecule has 0 amide bonds. The van der Waals surface area contributed by atoms with E-state index in [2.05, 4.69) is 0 Å². The number of alkyl halides is 2. The van der Waals surface area contributed by atoms with Crippen LogP contribution in [0.1, 0.15) is 20.8 Å². The zero-order chi connectivity index (χ0) is 8.85. The molecule has 0 aliphatic heterocycles. The van der Waals surface area contributed by atoms with Crippen LogP contribution in [0.25, 0.3) is 0 Å². The van der Waals surface area contributed by atoms with Crippen LogP contribution in [0, 0.1) is 5.92 Å². The summed E-state index contributed by atoms with van der Waals surface area (Å²) in [6.45, 7) is 7.37. The van der Waals surface area contributed by atoms with Crippen molar-refractivity contribution < 1.29 is 8.78 Å². The monoisotopic (exact) mass is 165 g/mol. The lowest BCUT2D eigenvalue weighted by Crippen LogP contribution is -2.31. The Morgan fingerprint density at radius 2 is 1.73 bits per heavy atom. The molecule has 0 aromatic heterocycles. The summed E-state index contributed by atoms with van der Waals surface area (Å²) in [5.41, 5.74) is 0. The van der Waals surface area contributed by atoms with Gasteiger partial charge < -0.3 is 0 Å². The summed E-state index contributed by atoms with van der Waals surface area (Å²) >= 11 is 0. The van der Waals surface area contributed by atoms with Gasteiger partial charge in [0.15, 0.2) is 0 Å². The van der Waals surface area contributed by atoms with Gasteiger partial charge in [0.1, 0.15) is 0 Å². The molecule has 0 radical (unpaired) electrons. The van der Waals surface area contributed by atoms with Gasteiger partial charge in [0, 0.05) is 6.54 Å². The molecule has 0 heterocycles. The normalized spacial score (nSPS) is 12.0. The van der Waals surface area contributed by atoms with E-state index in [9.17, 15) is 8.78 Å². The van der Waals surface area contributed by atoms with Crippen LogP contribution in [0.3, 0.4) is 0 Å². The Bertz CT molecular complexity index is 84.1. The van der Waals surface area contributed by atoms with Gasteiger partial charge in [-0.25, -0.2) is 8.78 Å². The number of nitrogens with zero attached hydrogens (tertiary/aromatic N) is 1. The molecule has 0 spiro atoms. The van der Waals surface area contributed by atoms with E-state index in [0.29, 0.717) is 12.5 Å². The zero-order valence-electron chi connectivity index (χ0n) is 7.48. The minimum atomic E-state index is -2.20. The molecule has 0 saturated heterocycles. The predicted molar refractivity (Wildman–Crippen MR) is 43.0 cm³/mol. The number of rotatable bonds is 5. The number of hydrogen-bond acceptors (Lipinski definition) is 1. The van der Waals surface area contributed by atoms with Crippen molar-refractivity contribution in [3.8, 4) is 0 Å². The van der Waals surface area contributed by atoms with Crippen molar-refractivity contribution in [1.82, 2.24) is 4.90 Å². The van der Waals surface area contributed by atoms with Crippen molar-refractivity contribution in [2.24, 2.45) is 5.92 Å². The second-order valence-corrected chi connectivity index (χ2v) is 3.14. The molecule has 0 bridgehead atoms. The van der Waals surface area contributed by atoms with Crippen molar-refractivity contribution in [1.29, 1.82) is 0 Å². The van der Waals surface area contributed by atoms with E-state index in [4.69, 9.17) is 0 Å². The summed E-state index contributed by atoms with van der Waals surface area (Å²) in [7, 11) is 0. The third kappa shape index (κ3) is 6.23. The topological polar surface area (TPSA) is 3.24 Å². The van der Waals surface area contributed by atoms with E-state index < -0.39 is 6.43 Å². The number of halogens is 2. The second kappa shape index (κ2) is 5.47. The summed E-state index contributed by atoms with van der Waals surface area (Å²) in [6, 6.07) is 0. The van der Waals surface area contributed by atoms with Gasteiger partial charge in [0.05, 0.1) is 6.54 Å². The van der Waals surface area contributed by atoms with Gasteiger partial charge in [-0.05, 0) is 12.5 Å². The van der Waals surface area contributed by atoms with Gasteiger partial charge >= 0.3 is 0 Å². The lowest BCUT2D eigenvalue weighted by molar-refractivity contribution is 0.0853. The smallest absolute Gasteiger partial charge is 0.251 e. The standard InChI is InChI=1S/C8H17F2N/c1-4-11(5-7(2)3)6-8(9)10/h7-8H,4-6H2,1-3H3. The Morgan fingerprint density at radius 3 is 2.00 bits per heavy atom. The SMILES string of the molecule is CCN(CC(C)C)CC(F)F. The minimum Gasteiger partial charge on any atom is -0.298 e. The van der Waals surface area contributed by atoms with Gasteiger partial charge in [-0.2, -0.15) is 0 Å². The van der Waals surface area contributed by atoms with E-state index in [0.717, 1.165) is 6.54 Å². The summed E-state index contributed by atoms with van der Waals surface area (Å²) < 4.78 is 23.8. The van der Waals surface area contributed by atoms with Crippen LogP contribution in [0.15, 0.2) is 0 Å². The van der Waals surface area contributed by atoms with Gasteiger partial charge in [-0.1, -0.05) is 20.8 Å². The van der Waals surface area contributed by atoms with Crippen LogP contribution < -0.4 is 0 Å². The lowest BCUT2D eigenvalue weighted by Gasteiger charge is -2.21. The highest BCUT2D eigenvalue weighted by molar-refractivity contribution is 4.58. The highest BCUT2D eigenvalue weighted by Gasteiger charge is 2.10. The fourth-order valence-corrected chi connectivity index (χ4v) is 1.04. The fourth-order valence-electron chi connectivity index (χ4n) is 1.04. The van der Waals surface area contributed by atoms with E-state index >= 15 is 0 Å². The predicted octanol–water partition coefficient (Wildman–Crippen LogP) is 2.23. The van der Waals surface area contributed by atoms with Crippen molar-refractivity contribution in [3.63, 3.8) is 0 Å². The highest BCUT2D eigenvalue weighted by Crippen LogP contribution is 2.02. The lowest BCUT2D eigenvalue weighted by atomic mass is 10.2. The first-order valence-corrected chi connectivity index (χ1v) is 4.06. The third-order valence-electron chi connectivity index (χ3n) is 1.47. The highest BCUT2D eigenvalue weighted by atomic mass is 19.3. The van der Waals surface area contributed by atoms with Crippen molar-refractivity contribution in [3.05, 3.63) is 0 Å². The first kappa shape index (κ1) is 10.8. The van der Waals surface area contributed by atoms with Crippen LogP contribution in [0.2, 0.25) is 0 Å². The molecule has 3 heteroatoms. The van der Waals surface area contributed by atoms with Crippen LogP contribution in [-0.2, 0) is 0 Å². The third-order valence-corrected chi connectivity index (χ3v) is 1.47. The maximum Gasteiger partial charge on any atom is 0.251 e. The molecule has 0 aliphatic rings. The summed E-state index contributed by atoms with van der Waals surface area (Å²) in [5.74, 6) is 0.466. The molecule has 0 unspecified atom stereocenters. The fraction of sp³-hybridized carbons (Fsp3) is 1.00. The summed E-state index contributed by atoms with van der Waals surface area (Å²) in [6.07, 6.45) is -2.20. The average Bonchev–Trinajstić information content (AvgIpc) is 1.84. The van der Waals surface area contributed by atoms with Crippen molar-refractivity contribution in [2.45, 2.75) is 27.2 Å². The Morgan fingerprint density at radius 1 is 1.18 bits per heavy atom. The Balaban J connectivity index is 3.58. The summed E-state index contributed by atoms with van der Waals surface area (Å²) in [4.78, 5) is 1.77. The Labute approximate surface area is 67.4 Å². The summed E-state index contributed by atoms with van der Waals surface area (Å²) in [5, 5.41) is 0. The van der Waals surface area contributed by atoms with E-state index in [-0.39, 0.29) is 6.54 Å². The van der Waals surface area contributed by atoms with Crippen LogP contribution in [0.4, 0.5) is 8.78 Å². The van der Waals surface area contributed by atoms with Crippen molar-refractivity contribution in [2.75, 3.05) is 19.6 Å². The van der Waals surface area contributed by atoms with Crippen LogP contribution in [0.5, 0.6) is 0 Å². The van der Waals surface area contributed by atoms with Gasteiger partial charge in [-0.3, -0.25) is 4.90 Å². The van der Waals surface area contributed by atoms with Crippen LogP contribution in [-0.4, -0.2) is 31.0 Å². The van der Waals surface area contributed by atoms with E-state index in [1.807, 2.05) is 20.8 Å². The molecule has 1 nitrogen and oxygen atoms in total. The molecule has 0 aromatic rings. The molecule has 0 saturated carbocycles. The number of hydrogen-bond donors (Lipinski definition) is 0. The minimum absolute atomic E-state index is 0.0886. The first-order chi connectivity index (χ1) is 5.06. The quantitative estimate of drug-likeness (QED) is 0.603. The molecule has 0 atom stereocenters. The molecular weight excluding hydrogens is 148 g/mol. The van der Waals surface area contributed by atoms with Gasteiger partial charge in [0.2, 0.25) is 0 Å². The van der Waals surface area contributed by atoms with E-state index in [1.54, 1.807) is 4.90 Å². The van der Waals surface area contributed by atoms with Gasteiger partial charge in [0.25, 0.3) is 6.43 Å². The second-order valence-electron chi connectivity index (χ2n) is 3.14. The molecule has 0 aliphatic carbocycles. The maximum absolute atomic E-state index is 11.9. The van der Waals surface area contributed by atoms with Crippen LogP contribution >= 0.6 is 0 Å². The maximum atomic E-state index is 11.9.